The molecule has 0 spiro atoms. The fraction of sp³-hybridized carbons (Fsp3) is 0.333. The van der Waals surface area contributed by atoms with Gasteiger partial charge in [0.15, 0.2) is 0 Å². The highest BCUT2D eigenvalue weighted by atomic mass is 32.2. The predicted octanol–water partition coefficient (Wildman–Crippen LogP) is 0.378. The first-order chi connectivity index (χ1) is 9.53. The zero-order chi connectivity index (χ0) is 14.6. The van der Waals surface area contributed by atoms with Crippen LogP contribution in [0.25, 0.3) is 0 Å². The second-order valence-electron chi connectivity index (χ2n) is 4.27. The smallest absolute Gasteiger partial charge is 0.244 e. The van der Waals surface area contributed by atoms with Crippen molar-refractivity contribution in [3.8, 4) is 0 Å². The minimum atomic E-state index is -3.57. The normalized spacial score (nSPS) is 11.5. The molecule has 0 atom stereocenters. The lowest BCUT2D eigenvalue weighted by molar-refractivity contribution is 0.581. The molecule has 0 aliphatic carbocycles. The van der Waals surface area contributed by atoms with Crippen molar-refractivity contribution in [1.29, 1.82) is 0 Å². The molecule has 0 fully saturated rings. The summed E-state index contributed by atoms with van der Waals surface area (Å²) in [6.45, 7) is 0.312. The van der Waals surface area contributed by atoms with E-state index in [9.17, 15) is 8.42 Å². The molecular weight excluding hydrogens is 278 g/mol. The van der Waals surface area contributed by atoms with Gasteiger partial charge in [-0.15, -0.1) is 0 Å². The lowest BCUT2D eigenvalue weighted by Gasteiger charge is -2.09. The third-order valence-electron chi connectivity index (χ3n) is 2.76. The van der Waals surface area contributed by atoms with Crippen LogP contribution in [0.4, 0.5) is 5.82 Å². The predicted molar refractivity (Wildman–Crippen MR) is 75.9 cm³/mol. The van der Waals surface area contributed by atoms with Crippen LogP contribution in [0.2, 0.25) is 0 Å². The Morgan fingerprint density at radius 3 is 2.85 bits per heavy atom. The molecular formula is C12H17N5O2S. The van der Waals surface area contributed by atoms with Crippen LogP contribution in [0.5, 0.6) is 0 Å². The third-order valence-corrected chi connectivity index (χ3v) is 4.25. The molecule has 7 nitrogen and oxygen atoms in total. The number of sulfonamides is 1. The maximum Gasteiger partial charge on any atom is 0.244 e. The number of nitrogens with one attached hydrogen (secondary N) is 2. The Morgan fingerprint density at radius 1 is 1.40 bits per heavy atom. The Balaban J connectivity index is 2.04. The van der Waals surface area contributed by atoms with Crippen LogP contribution < -0.4 is 10.0 Å². The van der Waals surface area contributed by atoms with E-state index in [1.807, 2.05) is 13.2 Å². The van der Waals surface area contributed by atoms with Gasteiger partial charge in [0.05, 0.1) is 6.20 Å². The molecule has 0 saturated carbocycles. The van der Waals surface area contributed by atoms with E-state index in [0.29, 0.717) is 18.8 Å². The van der Waals surface area contributed by atoms with Gasteiger partial charge in [0.25, 0.3) is 0 Å². The van der Waals surface area contributed by atoms with Crippen LogP contribution in [-0.4, -0.2) is 36.8 Å². The summed E-state index contributed by atoms with van der Waals surface area (Å²) in [6.07, 6.45) is 5.71. The number of rotatable bonds is 6. The van der Waals surface area contributed by atoms with Crippen molar-refractivity contribution in [3.63, 3.8) is 0 Å². The molecule has 0 amide bonds. The summed E-state index contributed by atoms with van der Waals surface area (Å²) >= 11 is 0. The van der Waals surface area contributed by atoms with Gasteiger partial charge < -0.3 is 5.32 Å². The highest BCUT2D eigenvalue weighted by Crippen LogP contribution is 2.16. The second kappa shape index (κ2) is 6.02. The first kappa shape index (κ1) is 14.5. The molecule has 0 radical (unpaired) electrons. The van der Waals surface area contributed by atoms with Crippen LogP contribution in [0.3, 0.4) is 0 Å². The summed E-state index contributed by atoms with van der Waals surface area (Å²) in [5.74, 6) is 0.335. The van der Waals surface area contributed by atoms with E-state index in [1.54, 1.807) is 30.2 Å². The number of hydrogen-bond donors (Lipinski definition) is 2. The Hall–Kier alpha value is -1.93. The van der Waals surface area contributed by atoms with Crippen molar-refractivity contribution >= 4 is 15.8 Å². The molecule has 2 aromatic heterocycles. The van der Waals surface area contributed by atoms with Crippen molar-refractivity contribution in [2.45, 2.75) is 11.3 Å². The Labute approximate surface area is 118 Å². The fourth-order valence-corrected chi connectivity index (χ4v) is 3.00. The van der Waals surface area contributed by atoms with Crippen molar-refractivity contribution in [2.75, 3.05) is 18.9 Å². The Kier molecular flexibility index (Phi) is 4.35. The van der Waals surface area contributed by atoms with E-state index in [4.69, 9.17) is 0 Å². The highest BCUT2D eigenvalue weighted by Gasteiger charge is 2.18. The van der Waals surface area contributed by atoms with Gasteiger partial charge in [-0.25, -0.2) is 18.1 Å². The summed E-state index contributed by atoms with van der Waals surface area (Å²) in [6, 6.07) is 3.11. The van der Waals surface area contributed by atoms with Crippen molar-refractivity contribution in [2.24, 2.45) is 7.05 Å². The van der Waals surface area contributed by atoms with Gasteiger partial charge in [0, 0.05) is 33.0 Å². The summed E-state index contributed by atoms with van der Waals surface area (Å²) in [7, 11) is -0.111. The molecule has 0 unspecified atom stereocenters. The van der Waals surface area contributed by atoms with Gasteiger partial charge in [-0.05, 0) is 24.1 Å². The minimum absolute atomic E-state index is 0.147. The largest absolute Gasteiger partial charge is 0.372 e. The van der Waals surface area contributed by atoms with Crippen LogP contribution in [-0.2, 0) is 23.5 Å². The van der Waals surface area contributed by atoms with Gasteiger partial charge in [0.1, 0.15) is 10.7 Å². The standard InChI is InChI=1S/C12H17N5O2S/c1-13-12-11(4-3-6-14-12)20(18,19)16-7-5-10-8-15-17(2)9-10/h3-4,6,8-9,16H,5,7H2,1-2H3,(H,13,14). The lowest BCUT2D eigenvalue weighted by atomic mass is 10.3. The second-order valence-corrected chi connectivity index (χ2v) is 6.01. The molecule has 2 N–H and O–H groups in total. The van der Waals surface area contributed by atoms with E-state index in [1.165, 1.54) is 6.07 Å². The van der Waals surface area contributed by atoms with Crippen molar-refractivity contribution in [3.05, 3.63) is 36.3 Å². The molecule has 108 valence electrons. The molecule has 2 aromatic rings. The highest BCUT2D eigenvalue weighted by molar-refractivity contribution is 7.89. The van der Waals surface area contributed by atoms with Gasteiger partial charge >= 0.3 is 0 Å². The molecule has 0 bridgehead atoms. The number of hydrogen-bond acceptors (Lipinski definition) is 5. The number of pyridine rings is 1. The summed E-state index contributed by atoms with van der Waals surface area (Å²) < 4.78 is 28.6. The van der Waals surface area contributed by atoms with Crippen LogP contribution in [0, 0.1) is 0 Å². The maximum atomic E-state index is 12.2. The number of aromatic nitrogens is 3. The van der Waals surface area contributed by atoms with E-state index in [0.717, 1.165) is 5.56 Å². The third kappa shape index (κ3) is 3.34. The average molecular weight is 295 g/mol. The SMILES string of the molecule is CNc1ncccc1S(=O)(=O)NCCc1cnn(C)c1. The van der Waals surface area contributed by atoms with Crippen molar-refractivity contribution in [1.82, 2.24) is 19.5 Å². The summed E-state index contributed by atoms with van der Waals surface area (Å²) in [5.41, 5.74) is 0.982. The summed E-state index contributed by atoms with van der Waals surface area (Å²) in [5, 5.41) is 6.81. The zero-order valence-electron chi connectivity index (χ0n) is 11.4. The molecule has 0 aliphatic heterocycles. The first-order valence-corrected chi connectivity index (χ1v) is 7.61. The maximum absolute atomic E-state index is 12.2. The van der Waals surface area contributed by atoms with Crippen LogP contribution in [0.15, 0.2) is 35.6 Å². The lowest BCUT2D eigenvalue weighted by Crippen LogP contribution is -2.26. The number of anilines is 1. The first-order valence-electron chi connectivity index (χ1n) is 6.13. The van der Waals surface area contributed by atoms with Crippen LogP contribution in [0.1, 0.15) is 5.56 Å². The molecule has 8 heteroatoms. The topological polar surface area (TPSA) is 88.9 Å². The molecule has 0 aliphatic rings. The molecule has 0 aromatic carbocycles. The van der Waals surface area contributed by atoms with Gasteiger partial charge in [-0.1, -0.05) is 0 Å². The fourth-order valence-electron chi connectivity index (χ4n) is 1.80. The quantitative estimate of drug-likeness (QED) is 0.804. The summed E-state index contributed by atoms with van der Waals surface area (Å²) in [4.78, 5) is 4.14. The van der Waals surface area contributed by atoms with E-state index < -0.39 is 10.0 Å². The molecule has 0 saturated heterocycles. The van der Waals surface area contributed by atoms with Gasteiger partial charge in [-0.2, -0.15) is 5.10 Å². The van der Waals surface area contributed by atoms with Crippen LogP contribution >= 0.6 is 0 Å². The average Bonchev–Trinajstić information content (AvgIpc) is 2.84. The molecule has 2 heterocycles. The van der Waals surface area contributed by atoms with Gasteiger partial charge in [0.2, 0.25) is 10.0 Å². The van der Waals surface area contributed by atoms with E-state index in [2.05, 4.69) is 20.1 Å². The van der Waals surface area contributed by atoms with Gasteiger partial charge in [-0.3, -0.25) is 4.68 Å². The minimum Gasteiger partial charge on any atom is -0.372 e. The Bertz CT molecular complexity index is 681. The molecule has 2 rings (SSSR count). The van der Waals surface area contributed by atoms with E-state index in [-0.39, 0.29) is 4.90 Å². The Morgan fingerprint density at radius 2 is 2.20 bits per heavy atom. The zero-order valence-corrected chi connectivity index (χ0v) is 12.2. The number of nitrogens with zero attached hydrogens (tertiary/aromatic N) is 3. The monoisotopic (exact) mass is 295 g/mol. The van der Waals surface area contributed by atoms with Crippen molar-refractivity contribution < 1.29 is 8.42 Å². The van der Waals surface area contributed by atoms with E-state index >= 15 is 0 Å². The number of aryl methyl sites for hydroxylation is 1. The molecule has 20 heavy (non-hydrogen) atoms.